The summed E-state index contributed by atoms with van der Waals surface area (Å²) in [6, 6.07) is 0. The summed E-state index contributed by atoms with van der Waals surface area (Å²) in [5.41, 5.74) is 4.10. The molecule has 5 aliphatic rings. The first kappa shape index (κ1) is 25.6. The second-order valence-corrected chi connectivity index (χ2v) is 14.9. The van der Waals surface area contributed by atoms with Crippen LogP contribution >= 0.6 is 0 Å². The van der Waals surface area contributed by atoms with Crippen molar-refractivity contribution in [1.29, 1.82) is 0 Å². The molecule has 0 spiro atoms. The highest BCUT2D eigenvalue weighted by Crippen LogP contribution is 2.76. The van der Waals surface area contributed by atoms with E-state index in [1.807, 2.05) is 0 Å². The minimum atomic E-state index is -0.811. The van der Waals surface area contributed by atoms with Crippen LogP contribution in [0.5, 0.6) is 0 Å². The molecule has 8 atom stereocenters. The highest BCUT2D eigenvalue weighted by molar-refractivity contribution is 5.80. The zero-order valence-electron chi connectivity index (χ0n) is 23.4. The first-order valence-corrected chi connectivity index (χ1v) is 14.6. The van der Waals surface area contributed by atoms with Crippen molar-refractivity contribution in [1.82, 2.24) is 0 Å². The van der Waals surface area contributed by atoms with Gasteiger partial charge in [-0.3, -0.25) is 0 Å². The third-order valence-corrected chi connectivity index (χ3v) is 13.2. The van der Waals surface area contributed by atoms with Crippen molar-refractivity contribution in [2.45, 2.75) is 119 Å². The summed E-state index contributed by atoms with van der Waals surface area (Å²) in [7, 11) is 0. The number of aliphatic hydroxyl groups is 1. The molecular weight excluding hydrogens is 432 g/mol. The molecule has 4 saturated carbocycles. The third-order valence-electron chi connectivity index (χ3n) is 13.2. The monoisotopic (exact) mass is 482 g/mol. The Hall–Kier alpha value is -1.09. The summed E-state index contributed by atoms with van der Waals surface area (Å²) in [4.78, 5) is 11.6. The van der Waals surface area contributed by atoms with E-state index >= 15 is 0 Å². The maximum Gasteiger partial charge on any atom is 0.328 e. The van der Waals surface area contributed by atoms with E-state index < -0.39 is 5.97 Å². The first-order chi connectivity index (χ1) is 16.2. The summed E-state index contributed by atoms with van der Waals surface area (Å²) in [5, 5.41) is 20.4. The van der Waals surface area contributed by atoms with E-state index in [9.17, 15) is 15.0 Å². The Labute approximate surface area is 213 Å². The van der Waals surface area contributed by atoms with Gasteiger partial charge in [-0.15, -0.1) is 0 Å². The Morgan fingerprint density at radius 2 is 1.60 bits per heavy atom. The Kier molecular flexibility index (Phi) is 5.81. The van der Waals surface area contributed by atoms with Gasteiger partial charge < -0.3 is 10.2 Å². The standard InChI is InChI=1S/C32H50O3/c1-20(2)21-10-16-32(17-13-26(34)35)19-18-30(6)22(27(21)32)8-9-24-29(5)14-12-25(33)28(3,4)23(29)11-15-31(24,30)7/h13,17,20,22-25,33H,8-12,14-16,18-19H2,1-7H3,(H,34,35)/b17-13+/t22-,23+,24-,25+,29+,30-,31-,32+/m1/s1. The van der Waals surface area contributed by atoms with Crippen LogP contribution in [0.4, 0.5) is 0 Å². The van der Waals surface area contributed by atoms with Gasteiger partial charge in [-0.1, -0.05) is 65.7 Å². The van der Waals surface area contributed by atoms with Gasteiger partial charge in [0, 0.05) is 11.5 Å². The van der Waals surface area contributed by atoms with Gasteiger partial charge in [0.25, 0.3) is 0 Å². The van der Waals surface area contributed by atoms with Gasteiger partial charge in [0.1, 0.15) is 0 Å². The largest absolute Gasteiger partial charge is 0.478 e. The molecule has 3 nitrogen and oxygen atoms in total. The summed E-state index contributed by atoms with van der Waals surface area (Å²) >= 11 is 0. The molecule has 0 aliphatic heterocycles. The fourth-order valence-corrected chi connectivity index (χ4v) is 11.2. The molecule has 0 bridgehead atoms. The maximum absolute atomic E-state index is 11.6. The van der Waals surface area contributed by atoms with Crippen molar-refractivity contribution in [2.75, 3.05) is 0 Å². The molecule has 0 radical (unpaired) electrons. The Morgan fingerprint density at radius 3 is 2.26 bits per heavy atom. The summed E-state index contributed by atoms with van der Waals surface area (Å²) < 4.78 is 0. The predicted molar refractivity (Wildman–Crippen MR) is 142 cm³/mol. The lowest BCUT2D eigenvalue weighted by atomic mass is 9.33. The molecule has 4 fully saturated rings. The van der Waals surface area contributed by atoms with Crippen LogP contribution in [0.3, 0.4) is 0 Å². The van der Waals surface area contributed by atoms with Crippen LogP contribution in [0.1, 0.15) is 113 Å². The molecule has 0 aromatic carbocycles. The highest BCUT2D eigenvalue weighted by Gasteiger charge is 2.69. The minimum Gasteiger partial charge on any atom is -0.478 e. The first-order valence-electron chi connectivity index (χ1n) is 14.6. The van der Waals surface area contributed by atoms with E-state index in [-0.39, 0.29) is 22.3 Å². The molecule has 2 N–H and O–H groups in total. The van der Waals surface area contributed by atoms with Gasteiger partial charge in [0.05, 0.1) is 6.10 Å². The lowest BCUT2D eigenvalue weighted by Gasteiger charge is -2.72. The average molecular weight is 483 g/mol. The van der Waals surface area contributed by atoms with Crippen LogP contribution < -0.4 is 0 Å². The highest BCUT2D eigenvalue weighted by atomic mass is 16.4. The fraction of sp³-hybridized carbons (Fsp3) is 0.844. The second-order valence-electron chi connectivity index (χ2n) is 14.9. The molecule has 5 aliphatic carbocycles. The van der Waals surface area contributed by atoms with E-state index in [1.54, 1.807) is 11.1 Å². The molecule has 0 heterocycles. The minimum absolute atomic E-state index is 0.00573. The van der Waals surface area contributed by atoms with E-state index in [2.05, 4.69) is 54.5 Å². The Bertz CT molecular complexity index is 958. The summed E-state index contributed by atoms with van der Waals surface area (Å²) in [6.45, 7) is 17.2. The quantitative estimate of drug-likeness (QED) is 0.319. The Balaban J connectivity index is 1.58. The number of carbonyl (C=O) groups is 1. The molecule has 0 aromatic heterocycles. The van der Waals surface area contributed by atoms with Crippen molar-refractivity contribution >= 4 is 5.97 Å². The van der Waals surface area contributed by atoms with Crippen molar-refractivity contribution in [2.24, 2.45) is 50.7 Å². The molecule has 196 valence electrons. The molecular formula is C32H50O3. The van der Waals surface area contributed by atoms with E-state index in [1.165, 1.54) is 38.2 Å². The molecule has 0 saturated heterocycles. The predicted octanol–water partition coefficient (Wildman–Crippen LogP) is 7.79. The van der Waals surface area contributed by atoms with Crippen LogP contribution in [-0.4, -0.2) is 22.3 Å². The smallest absolute Gasteiger partial charge is 0.328 e. The number of carboxylic acid groups (broad SMARTS) is 1. The van der Waals surface area contributed by atoms with E-state index in [0.717, 1.165) is 32.1 Å². The third kappa shape index (κ3) is 3.28. The number of fused-ring (bicyclic) bond motifs is 7. The van der Waals surface area contributed by atoms with E-state index in [4.69, 9.17) is 0 Å². The number of rotatable bonds is 3. The second kappa shape index (κ2) is 7.95. The molecule has 35 heavy (non-hydrogen) atoms. The van der Waals surface area contributed by atoms with Crippen LogP contribution in [-0.2, 0) is 4.79 Å². The van der Waals surface area contributed by atoms with Gasteiger partial charge in [0.15, 0.2) is 0 Å². The SMILES string of the molecule is CC(C)C1=C2[C@H]3CC[C@@H]4[C@@]5(C)CC[C@H](O)C(C)(C)[C@@H]5CC[C@@]4(C)[C@]3(C)CC[C@@]2(/C=C/C(=O)O)CC1. The van der Waals surface area contributed by atoms with Crippen molar-refractivity contribution < 1.29 is 15.0 Å². The van der Waals surface area contributed by atoms with Crippen molar-refractivity contribution in [3.8, 4) is 0 Å². The van der Waals surface area contributed by atoms with Crippen molar-refractivity contribution in [3.63, 3.8) is 0 Å². The van der Waals surface area contributed by atoms with Crippen LogP contribution in [0, 0.1) is 50.7 Å². The summed E-state index contributed by atoms with van der Waals surface area (Å²) in [6.07, 6.45) is 15.0. The van der Waals surface area contributed by atoms with Crippen molar-refractivity contribution in [3.05, 3.63) is 23.3 Å². The lowest BCUT2D eigenvalue weighted by molar-refractivity contribution is -0.227. The number of aliphatic hydroxyl groups excluding tert-OH is 1. The number of allylic oxidation sites excluding steroid dienone is 3. The summed E-state index contributed by atoms with van der Waals surface area (Å²) in [5.74, 6) is 1.59. The van der Waals surface area contributed by atoms with Gasteiger partial charge in [0.2, 0.25) is 0 Å². The van der Waals surface area contributed by atoms with Crippen LogP contribution in [0.2, 0.25) is 0 Å². The van der Waals surface area contributed by atoms with Gasteiger partial charge in [-0.05, 0) is 110 Å². The number of hydrogen-bond acceptors (Lipinski definition) is 2. The molecule has 3 heteroatoms. The molecule has 5 rings (SSSR count). The number of aliphatic carboxylic acids is 1. The van der Waals surface area contributed by atoms with Crippen LogP contribution in [0.25, 0.3) is 0 Å². The number of hydrogen-bond donors (Lipinski definition) is 2. The van der Waals surface area contributed by atoms with Gasteiger partial charge in [-0.2, -0.15) is 0 Å². The fourth-order valence-electron chi connectivity index (χ4n) is 11.2. The van der Waals surface area contributed by atoms with Gasteiger partial charge >= 0.3 is 5.97 Å². The molecule has 0 unspecified atom stereocenters. The lowest BCUT2D eigenvalue weighted by Crippen LogP contribution is -2.65. The van der Waals surface area contributed by atoms with Gasteiger partial charge in [-0.25, -0.2) is 4.79 Å². The maximum atomic E-state index is 11.6. The molecule has 0 aromatic rings. The molecule has 0 amide bonds. The normalized spacial score (nSPS) is 48.9. The zero-order valence-corrected chi connectivity index (χ0v) is 23.4. The topological polar surface area (TPSA) is 57.5 Å². The average Bonchev–Trinajstić information content (AvgIpc) is 3.16. The Morgan fingerprint density at radius 1 is 0.886 bits per heavy atom. The number of carboxylic acids is 1. The van der Waals surface area contributed by atoms with E-state index in [0.29, 0.717) is 34.5 Å². The zero-order chi connectivity index (χ0) is 25.6. The van der Waals surface area contributed by atoms with Crippen LogP contribution in [0.15, 0.2) is 23.3 Å².